The normalized spacial score (nSPS) is 26.9. The van der Waals surface area contributed by atoms with Crippen LogP contribution in [0.3, 0.4) is 0 Å². The molecule has 1 aromatic heterocycles. The SMILES string of the molecule is CC1CCC(C(N)Cc2cncc(Br)c2)C1. The summed E-state index contributed by atoms with van der Waals surface area (Å²) in [6, 6.07) is 2.41. The second kappa shape index (κ2) is 5.28. The lowest BCUT2D eigenvalue weighted by Gasteiger charge is -2.19. The average Bonchev–Trinajstić information content (AvgIpc) is 2.65. The maximum absolute atomic E-state index is 6.28. The molecule has 0 aromatic carbocycles. The second-order valence-electron chi connectivity index (χ2n) is 5.06. The first-order valence-electron chi connectivity index (χ1n) is 6.00. The van der Waals surface area contributed by atoms with Crippen LogP contribution >= 0.6 is 15.9 Å². The molecule has 2 rings (SSSR count). The average molecular weight is 283 g/mol. The fourth-order valence-electron chi connectivity index (χ4n) is 2.65. The molecule has 0 spiro atoms. The summed E-state index contributed by atoms with van der Waals surface area (Å²) in [7, 11) is 0. The van der Waals surface area contributed by atoms with Crippen LogP contribution in [0.1, 0.15) is 31.7 Å². The van der Waals surface area contributed by atoms with E-state index in [1.165, 1.54) is 24.8 Å². The first-order chi connectivity index (χ1) is 7.65. The molecule has 88 valence electrons. The zero-order valence-electron chi connectivity index (χ0n) is 9.70. The highest BCUT2D eigenvalue weighted by Crippen LogP contribution is 2.32. The van der Waals surface area contributed by atoms with Crippen LogP contribution in [0, 0.1) is 11.8 Å². The smallest absolute Gasteiger partial charge is 0.0410 e. The van der Waals surface area contributed by atoms with Gasteiger partial charge in [-0.15, -0.1) is 0 Å². The molecule has 1 saturated carbocycles. The topological polar surface area (TPSA) is 38.9 Å². The Hall–Kier alpha value is -0.410. The molecular formula is C13H19BrN2. The molecule has 1 aliphatic carbocycles. The first-order valence-corrected chi connectivity index (χ1v) is 6.79. The summed E-state index contributed by atoms with van der Waals surface area (Å²) in [5.41, 5.74) is 7.52. The van der Waals surface area contributed by atoms with E-state index in [-0.39, 0.29) is 0 Å². The van der Waals surface area contributed by atoms with Crippen molar-refractivity contribution in [1.82, 2.24) is 4.98 Å². The highest BCUT2D eigenvalue weighted by molar-refractivity contribution is 9.10. The van der Waals surface area contributed by atoms with Crippen molar-refractivity contribution in [3.63, 3.8) is 0 Å². The van der Waals surface area contributed by atoms with Crippen molar-refractivity contribution in [2.75, 3.05) is 0 Å². The van der Waals surface area contributed by atoms with Crippen molar-refractivity contribution < 1.29 is 0 Å². The zero-order chi connectivity index (χ0) is 11.5. The third-order valence-corrected chi connectivity index (χ3v) is 4.01. The molecule has 3 atom stereocenters. The van der Waals surface area contributed by atoms with Crippen LogP contribution in [0.25, 0.3) is 0 Å². The van der Waals surface area contributed by atoms with Gasteiger partial charge in [-0.1, -0.05) is 13.3 Å². The fourth-order valence-corrected chi connectivity index (χ4v) is 3.06. The molecule has 2 N–H and O–H groups in total. The van der Waals surface area contributed by atoms with Crippen molar-refractivity contribution in [1.29, 1.82) is 0 Å². The van der Waals surface area contributed by atoms with E-state index < -0.39 is 0 Å². The van der Waals surface area contributed by atoms with Crippen LogP contribution in [0.5, 0.6) is 0 Å². The lowest BCUT2D eigenvalue weighted by molar-refractivity contribution is 0.415. The summed E-state index contributed by atoms with van der Waals surface area (Å²) >= 11 is 3.44. The third-order valence-electron chi connectivity index (χ3n) is 3.57. The molecule has 1 aromatic rings. The molecule has 0 radical (unpaired) electrons. The molecule has 2 nitrogen and oxygen atoms in total. The van der Waals surface area contributed by atoms with E-state index in [2.05, 4.69) is 33.9 Å². The fraction of sp³-hybridized carbons (Fsp3) is 0.615. The van der Waals surface area contributed by atoms with Crippen molar-refractivity contribution in [2.24, 2.45) is 17.6 Å². The highest BCUT2D eigenvalue weighted by atomic mass is 79.9. The largest absolute Gasteiger partial charge is 0.327 e. The van der Waals surface area contributed by atoms with E-state index in [0.29, 0.717) is 12.0 Å². The van der Waals surface area contributed by atoms with E-state index in [9.17, 15) is 0 Å². The van der Waals surface area contributed by atoms with Gasteiger partial charge >= 0.3 is 0 Å². The Morgan fingerprint density at radius 2 is 2.31 bits per heavy atom. The maximum Gasteiger partial charge on any atom is 0.0410 e. The minimum Gasteiger partial charge on any atom is -0.327 e. The molecule has 0 saturated heterocycles. The number of pyridine rings is 1. The molecule has 0 aliphatic heterocycles. The standard InChI is InChI=1S/C13H19BrN2/c1-9-2-3-11(4-9)13(15)6-10-5-12(14)8-16-7-10/h5,7-9,11,13H,2-4,6,15H2,1H3. The third kappa shape index (κ3) is 3.05. The van der Waals surface area contributed by atoms with Crippen LogP contribution in [-0.4, -0.2) is 11.0 Å². The first kappa shape index (κ1) is 12.1. The van der Waals surface area contributed by atoms with E-state index >= 15 is 0 Å². The van der Waals surface area contributed by atoms with Gasteiger partial charge in [0.05, 0.1) is 0 Å². The second-order valence-corrected chi connectivity index (χ2v) is 5.97. The van der Waals surface area contributed by atoms with Gasteiger partial charge in [-0.2, -0.15) is 0 Å². The number of hydrogen-bond donors (Lipinski definition) is 1. The van der Waals surface area contributed by atoms with Crippen molar-refractivity contribution in [2.45, 2.75) is 38.6 Å². The van der Waals surface area contributed by atoms with Crippen LogP contribution < -0.4 is 5.73 Å². The summed E-state index contributed by atoms with van der Waals surface area (Å²) in [6.07, 6.45) is 8.61. The number of hydrogen-bond acceptors (Lipinski definition) is 2. The molecule has 1 heterocycles. The predicted octanol–water partition coefficient (Wildman–Crippen LogP) is 3.15. The Balaban J connectivity index is 1.94. The summed E-state index contributed by atoms with van der Waals surface area (Å²) in [5, 5.41) is 0. The Labute approximate surface area is 106 Å². The van der Waals surface area contributed by atoms with Crippen molar-refractivity contribution in [3.05, 3.63) is 28.5 Å². The number of nitrogens with zero attached hydrogens (tertiary/aromatic N) is 1. The number of rotatable bonds is 3. The van der Waals surface area contributed by atoms with Crippen LogP contribution in [0.15, 0.2) is 22.9 Å². The van der Waals surface area contributed by atoms with Gasteiger partial charge in [-0.3, -0.25) is 4.98 Å². The number of nitrogens with two attached hydrogens (primary N) is 1. The quantitative estimate of drug-likeness (QED) is 0.925. The highest BCUT2D eigenvalue weighted by Gasteiger charge is 2.26. The van der Waals surface area contributed by atoms with E-state index in [0.717, 1.165) is 16.8 Å². The zero-order valence-corrected chi connectivity index (χ0v) is 11.3. The Morgan fingerprint density at radius 3 is 2.94 bits per heavy atom. The van der Waals surface area contributed by atoms with E-state index in [4.69, 9.17) is 5.73 Å². The minimum absolute atomic E-state index is 0.293. The molecular weight excluding hydrogens is 264 g/mol. The minimum atomic E-state index is 0.293. The molecule has 1 fully saturated rings. The molecule has 16 heavy (non-hydrogen) atoms. The Kier molecular flexibility index (Phi) is 3.98. The van der Waals surface area contributed by atoms with Gasteiger partial charge in [-0.25, -0.2) is 0 Å². The van der Waals surface area contributed by atoms with E-state index in [1.54, 1.807) is 0 Å². The van der Waals surface area contributed by atoms with Crippen molar-refractivity contribution >= 4 is 15.9 Å². The van der Waals surface area contributed by atoms with Gasteiger partial charge < -0.3 is 5.73 Å². The van der Waals surface area contributed by atoms with Crippen LogP contribution in [-0.2, 0) is 6.42 Å². The van der Waals surface area contributed by atoms with Gasteiger partial charge in [0.1, 0.15) is 0 Å². The van der Waals surface area contributed by atoms with Gasteiger partial charge in [0, 0.05) is 22.9 Å². The van der Waals surface area contributed by atoms with Crippen LogP contribution in [0.4, 0.5) is 0 Å². The molecule has 3 unspecified atom stereocenters. The summed E-state index contributed by atoms with van der Waals surface area (Å²) < 4.78 is 1.04. The maximum atomic E-state index is 6.28. The molecule has 1 aliphatic rings. The predicted molar refractivity (Wildman–Crippen MR) is 70.1 cm³/mol. The van der Waals surface area contributed by atoms with Crippen LogP contribution in [0.2, 0.25) is 0 Å². The summed E-state index contributed by atoms with van der Waals surface area (Å²) in [4.78, 5) is 4.18. The lowest BCUT2D eigenvalue weighted by atomic mass is 9.93. The van der Waals surface area contributed by atoms with Gasteiger partial charge in [0.15, 0.2) is 0 Å². The monoisotopic (exact) mass is 282 g/mol. The van der Waals surface area contributed by atoms with Gasteiger partial charge in [-0.05, 0) is 58.7 Å². The summed E-state index contributed by atoms with van der Waals surface area (Å²) in [5.74, 6) is 1.56. The lowest BCUT2D eigenvalue weighted by Crippen LogP contribution is -2.30. The number of halogens is 1. The molecule has 0 amide bonds. The number of aromatic nitrogens is 1. The van der Waals surface area contributed by atoms with Gasteiger partial charge in [0.25, 0.3) is 0 Å². The molecule has 0 bridgehead atoms. The Morgan fingerprint density at radius 1 is 1.50 bits per heavy atom. The van der Waals surface area contributed by atoms with E-state index in [1.807, 2.05) is 12.4 Å². The summed E-state index contributed by atoms with van der Waals surface area (Å²) in [6.45, 7) is 2.33. The Bertz CT molecular complexity index is 354. The van der Waals surface area contributed by atoms with Crippen molar-refractivity contribution in [3.8, 4) is 0 Å². The van der Waals surface area contributed by atoms with Gasteiger partial charge in [0.2, 0.25) is 0 Å². The molecule has 3 heteroatoms.